The smallest absolute Gasteiger partial charge is 0.240 e. The van der Waals surface area contributed by atoms with E-state index in [0.29, 0.717) is 19.6 Å². The van der Waals surface area contributed by atoms with Gasteiger partial charge in [-0.25, -0.2) is 0 Å². The number of fused-ring (bicyclic) bond motifs is 1. The molecule has 5 heteroatoms. The van der Waals surface area contributed by atoms with E-state index in [9.17, 15) is 9.90 Å². The molecule has 24 heavy (non-hydrogen) atoms. The van der Waals surface area contributed by atoms with Crippen molar-refractivity contribution in [2.45, 2.75) is 43.9 Å². The minimum absolute atomic E-state index is 0.0187. The van der Waals surface area contributed by atoms with Gasteiger partial charge in [0.25, 0.3) is 0 Å². The average molecular weight is 330 g/mol. The largest absolute Gasteiger partial charge is 0.390 e. The maximum atomic E-state index is 12.9. The molecule has 2 aliphatic carbocycles. The summed E-state index contributed by atoms with van der Waals surface area (Å²) in [4.78, 5) is 15.1. The minimum atomic E-state index is -0.545. The molecule has 1 saturated heterocycles. The van der Waals surface area contributed by atoms with E-state index in [1.807, 2.05) is 24.3 Å². The van der Waals surface area contributed by atoms with Crippen molar-refractivity contribution in [3.63, 3.8) is 0 Å². The second-order valence-corrected chi connectivity index (χ2v) is 7.34. The molecule has 3 aliphatic rings. The molecule has 1 aromatic rings. The summed E-state index contributed by atoms with van der Waals surface area (Å²) in [6.45, 7) is 2.96. The Labute approximate surface area is 143 Å². The summed E-state index contributed by atoms with van der Waals surface area (Å²) >= 11 is 0. The van der Waals surface area contributed by atoms with Crippen LogP contribution in [0.3, 0.4) is 0 Å². The highest BCUT2D eigenvalue weighted by atomic mass is 16.5. The van der Waals surface area contributed by atoms with Crippen molar-refractivity contribution in [1.82, 2.24) is 10.2 Å². The number of carbonyl (C=O) groups excluding carboxylic acids is 1. The monoisotopic (exact) mass is 330 g/mol. The molecular formula is C19H26N2O3. The fraction of sp³-hybridized carbons (Fsp3) is 0.632. The molecule has 1 aromatic carbocycles. The van der Waals surface area contributed by atoms with Crippen molar-refractivity contribution >= 4 is 5.91 Å². The molecule has 0 spiro atoms. The number of ether oxygens (including phenoxy) is 1. The van der Waals surface area contributed by atoms with Crippen LogP contribution in [-0.2, 0) is 16.0 Å². The van der Waals surface area contributed by atoms with Crippen LogP contribution in [-0.4, -0.2) is 54.4 Å². The normalized spacial score (nSPS) is 30.6. The zero-order valence-electron chi connectivity index (χ0n) is 14.0. The van der Waals surface area contributed by atoms with E-state index in [2.05, 4.69) is 10.2 Å². The summed E-state index contributed by atoms with van der Waals surface area (Å²) in [6.07, 6.45) is 3.93. The Kier molecular flexibility index (Phi) is 4.57. The zero-order valence-corrected chi connectivity index (χ0v) is 14.0. The van der Waals surface area contributed by atoms with Crippen LogP contribution in [0, 0.1) is 5.92 Å². The SMILES string of the molecule is O=C(N[C@@H]1c2ccccc2C[C@@H]1O)[C@@H]1COCCN1CC1CCC1. The lowest BCUT2D eigenvalue weighted by Crippen LogP contribution is -2.56. The highest BCUT2D eigenvalue weighted by molar-refractivity contribution is 5.82. The summed E-state index contributed by atoms with van der Waals surface area (Å²) in [5.74, 6) is 0.714. The Morgan fingerprint density at radius 2 is 2.17 bits per heavy atom. The summed E-state index contributed by atoms with van der Waals surface area (Å²) < 4.78 is 5.56. The van der Waals surface area contributed by atoms with Crippen molar-refractivity contribution in [3.05, 3.63) is 35.4 Å². The molecule has 2 N–H and O–H groups in total. The maximum absolute atomic E-state index is 12.9. The lowest BCUT2D eigenvalue weighted by molar-refractivity contribution is -0.134. The highest BCUT2D eigenvalue weighted by Crippen LogP contribution is 2.32. The molecule has 0 bridgehead atoms. The van der Waals surface area contributed by atoms with Crippen LogP contribution in [0.25, 0.3) is 0 Å². The number of hydrogen-bond acceptors (Lipinski definition) is 4. The molecule has 0 radical (unpaired) electrons. The van der Waals surface area contributed by atoms with Crippen molar-refractivity contribution in [1.29, 1.82) is 0 Å². The first-order chi connectivity index (χ1) is 11.7. The van der Waals surface area contributed by atoms with Gasteiger partial charge in [0.2, 0.25) is 5.91 Å². The maximum Gasteiger partial charge on any atom is 0.240 e. The number of hydrogen-bond donors (Lipinski definition) is 2. The van der Waals surface area contributed by atoms with Crippen LogP contribution >= 0.6 is 0 Å². The van der Waals surface area contributed by atoms with Crippen molar-refractivity contribution in [2.24, 2.45) is 5.92 Å². The topological polar surface area (TPSA) is 61.8 Å². The number of carbonyl (C=O) groups is 1. The summed E-state index contributed by atoms with van der Waals surface area (Å²) in [7, 11) is 0. The second kappa shape index (κ2) is 6.82. The van der Waals surface area contributed by atoms with Gasteiger partial charge in [0, 0.05) is 19.5 Å². The van der Waals surface area contributed by atoms with E-state index in [-0.39, 0.29) is 18.0 Å². The number of aliphatic hydroxyl groups is 1. The van der Waals surface area contributed by atoms with Crippen LogP contribution in [0.1, 0.15) is 36.4 Å². The van der Waals surface area contributed by atoms with Crippen LogP contribution in [0.15, 0.2) is 24.3 Å². The summed E-state index contributed by atoms with van der Waals surface area (Å²) in [5.41, 5.74) is 2.17. The fourth-order valence-corrected chi connectivity index (χ4v) is 4.10. The molecular weight excluding hydrogens is 304 g/mol. The third-order valence-electron chi connectivity index (χ3n) is 5.76. The Morgan fingerprint density at radius 1 is 1.33 bits per heavy atom. The Hall–Kier alpha value is -1.43. The van der Waals surface area contributed by atoms with Gasteiger partial charge in [0.15, 0.2) is 0 Å². The Balaban J connectivity index is 1.44. The summed E-state index contributed by atoms with van der Waals surface area (Å²) in [5, 5.41) is 13.4. The second-order valence-electron chi connectivity index (χ2n) is 7.34. The first kappa shape index (κ1) is 16.1. The lowest BCUT2D eigenvalue weighted by atomic mass is 9.84. The summed E-state index contributed by atoms with van der Waals surface area (Å²) in [6, 6.07) is 7.42. The van der Waals surface area contributed by atoms with E-state index >= 15 is 0 Å². The Bertz CT molecular complexity index is 602. The number of benzene rings is 1. The number of nitrogens with one attached hydrogen (secondary N) is 1. The van der Waals surface area contributed by atoms with Crippen LogP contribution in [0.5, 0.6) is 0 Å². The Morgan fingerprint density at radius 3 is 2.96 bits per heavy atom. The molecule has 5 nitrogen and oxygen atoms in total. The van der Waals surface area contributed by atoms with Crippen LogP contribution < -0.4 is 5.32 Å². The molecule has 3 atom stereocenters. The highest BCUT2D eigenvalue weighted by Gasteiger charge is 2.37. The van der Waals surface area contributed by atoms with Crippen molar-refractivity contribution in [3.8, 4) is 0 Å². The molecule has 1 heterocycles. The van der Waals surface area contributed by atoms with Gasteiger partial charge in [-0.05, 0) is 29.9 Å². The number of amides is 1. The van der Waals surface area contributed by atoms with Gasteiger partial charge in [-0.15, -0.1) is 0 Å². The number of morpholine rings is 1. The predicted octanol–water partition coefficient (Wildman–Crippen LogP) is 1.26. The van der Waals surface area contributed by atoms with Gasteiger partial charge in [-0.1, -0.05) is 30.7 Å². The number of rotatable bonds is 4. The van der Waals surface area contributed by atoms with Gasteiger partial charge in [-0.2, -0.15) is 0 Å². The van der Waals surface area contributed by atoms with Crippen LogP contribution in [0.2, 0.25) is 0 Å². The third kappa shape index (κ3) is 3.08. The molecule has 130 valence electrons. The molecule has 4 rings (SSSR count). The molecule has 2 fully saturated rings. The minimum Gasteiger partial charge on any atom is -0.390 e. The van der Waals surface area contributed by atoms with Gasteiger partial charge in [0.05, 0.1) is 25.4 Å². The van der Waals surface area contributed by atoms with E-state index in [0.717, 1.165) is 30.1 Å². The molecule has 1 saturated carbocycles. The fourth-order valence-electron chi connectivity index (χ4n) is 4.10. The van der Waals surface area contributed by atoms with E-state index in [1.54, 1.807) is 0 Å². The quantitative estimate of drug-likeness (QED) is 0.873. The van der Waals surface area contributed by atoms with Crippen molar-refractivity contribution < 1.29 is 14.6 Å². The average Bonchev–Trinajstić information content (AvgIpc) is 2.87. The van der Waals surface area contributed by atoms with E-state index in [1.165, 1.54) is 19.3 Å². The van der Waals surface area contributed by atoms with Gasteiger partial charge >= 0.3 is 0 Å². The predicted molar refractivity (Wildman–Crippen MR) is 90.6 cm³/mol. The van der Waals surface area contributed by atoms with E-state index < -0.39 is 6.10 Å². The van der Waals surface area contributed by atoms with Crippen LogP contribution in [0.4, 0.5) is 0 Å². The molecule has 0 unspecified atom stereocenters. The number of nitrogens with zero attached hydrogens (tertiary/aromatic N) is 1. The molecule has 1 amide bonds. The van der Waals surface area contributed by atoms with E-state index in [4.69, 9.17) is 4.74 Å². The zero-order chi connectivity index (χ0) is 16.5. The van der Waals surface area contributed by atoms with Crippen molar-refractivity contribution in [2.75, 3.05) is 26.3 Å². The number of aliphatic hydroxyl groups excluding tert-OH is 1. The standard InChI is InChI=1S/C19H26N2O3/c22-17-10-14-6-1-2-7-15(14)18(17)20-19(23)16-12-24-9-8-21(16)11-13-4-3-5-13/h1-2,6-7,13,16-18,22H,3-5,8-12H2,(H,20,23)/t16-,17-,18+/m0/s1. The van der Waals surface area contributed by atoms with Gasteiger partial charge in [-0.3, -0.25) is 9.69 Å². The third-order valence-corrected chi connectivity index (χ3v) is 5.76. The molecule has 1 aliphatic heterocycles. The molecule has 0 aromatic heterocycles. The first-order valence-electron chi connectivity index (χ1n) is 9.10. The first-order valence-corrected chi connectivity index (χ1v) is 9.10. The lowest BCUT2D eigenvalue weighted by Gasteiger charge is -2.39. The van der Waals surface area contributed by atoms with Gasteiger partial charge < -0.3 is 15.2 Å². The van der Waals surface area contributed by atoms with Gasteiger partial charge in [0.1, 0.15) is 6.04 Å².